The van der Waals surface area contributed by atoms with Crippen LogP contribution in [-0.2, 0) is 13.1 Å². The molecule has 0 saturated carbocycles. The van der Waals surface area contributed by atoms with E-state index in [-0.39, 0.29) is 18.5 Å². The predicted octanol–water partition coefficient (Wildman–Crippen LogP) is 2.94. The minimum absolute atomic E-state index is 0.265. The lowest BCUT2D eigenvalue weighted by Crippen LogP contribution is -2.34. The molecular formula is C24H27N5O5. The van der Waals surface area contributed by atoms with Gasteiger partial charge in [0.2, 0.25) is 5.75 Å². The first-order valence-electron chi connectivity index (χ1n) is 10.4. The van der Waals surface area contributed by atoms with E-state index < -0.39 is 0 Å². The van der Waals surface area contributed by atoms with E-state index in [1.165, 1.54) is 27.5 Å². The van der Waals surface area contributed by atoms with Crippen molar-refractivity contribution in [3.8, 4) is 17.2 Å². The molecule has 0 atom stereocenters. The fraction of sp³-hybridized carbons (Fsp3) is 0.208. The van der Waals surface area contributed by atoms with Crippen molar-refractivity contribution in [2.45, 2.75) is 13.1 Å². The topological polar surface area (TPSA) is 137 Å². The number of nitrogens with two attached hydrogens (primary N) is 1. The number of benzene rings is 2. The van der Waals surface area contributed by atoms with E-state index in [0.717, 1.165) is 11.1 Å². The lowest BCUT2D eigenvalue weighted by molar-refractivity contribution is 0.102. The second-order valence-corrected chi connectivity index (χ2v) is 7.19. The molecule has 10 heteroatoms. The number of methoxy groups -OCH3 is 3. The van der Waals surface area contributed by atoms with Crippen molar-refractivity contribution >= 4 is 23.4 Å². The lowest BCUT2D eigenvalue weighted by Gasteiger charge is -2.14. The Balaban J connectivity index is 1.51. The molecule has 2 aromatic carbocycles. The first-order valence-corrected chi connectivity index (χ1v) is 10.4. The van der Waals surface area contributed by atoms with Gasteiger partial charge in [-0.05, 0) is 41.5 Å². The summed E-state index contributed by atoms with van der Waals surface area (Å²) in [4.78, 5) is 28.5. The summed E-state index contributed by atoms with van der Waals surface area (Å²) < 4.78 is 16.0. The molecule has 0 radical (unpaired) electrons. The molecule has 1 aromatic heterocycles. The van der Waals surface area contributed by atoms with E-state index in [1.807, 2.05) is 0 Å². The van der Waals surface area contributed by atoms with Crippen LogP contribution in [0.5, 0.6) is 17.2 Å². The summed E-state index contributed by atoms with van der Waals surface area (Å²) in [6.07, 6.45) is 1.52. The van der Waals surface area contributed by atoms with Crippen LogP contribution in [0.1, 0.15) is 21.5 Å². The molecule has 10 nitrogen and oxygen atoms in total. The molecular weight excluding hydrogens is 438 g/mol. The number of amides is 3. The number of urea groups is 1. The van der Waals surface area contributed by atoms with Gasteiger partial charge in [0, 0.05) is 36.6 Å². The van der Waals surface area contributed by atoms with E-state index in [0.29, 0.717) is 40.9 Å². The fourth-order valence-corrected chi connectivity index (χ4v) is 3.17. The number of ether oxygens (including phenoxy) is 3. The average molecular weight is 466 g/mol. The third-order valence-corrected chi connectivity index (χ3v) is 4.89. The predicted molar refractivity (Wildman–Crippen MR) is 128 cm³/mol. The number of pyridine rings is 1. The largest absolute Gasteiger partial charge is 0.493 e. The molecule has 0 aliphatic heterocycles. The molecule has 3 amide bonds. The van der Waals surface area contributed by atoms with Crippen molar-refractivity contribution in [1.82, 2.24) is 15.6 Å². The lowest BCUT2D eigenvalue weighted by atomic mass is 10.1. The number of nitrogen functional groups attached to an aromatic ring is 1. The van der Waals surface area contributed by atoms with Gasteiger partial charge in [0.15, 0.2) is 11.5 Å². The van der Waals surface area contributed by atoms with Gasteiger partial charge in [0.05, 0.1) is 21.3 Å². The average Bonchev–Trinajstić information content (AvgIpc) is 2.85. The SMILES string of the molecule is COc1cc(CNC(=O)NCc2ccc(C(=O)Nc3ccnc(N)c3)cc2)cc(OC)c1OC. The molecule has 34 heavy (non-hydrogen) atoms. The Morgan fingerprint density at radius 2 is 1.47 bits per heavy atom. The molecule has 0 aliphatic rings. The van der Waals surface area contributed by atoms with Crippen LogP contribution in [0.4, 0.5) is 16.3 Å². The van der Waals surface area contributed by atoms with E-state index >= 15 is 0 Å². The van der Waals surface area contributed by atoms with Crippen LogP contribution in [-0.4, -0.2) is 38.3 Å². The van der Waals surface area contributed by atoms with Crippen molar-refractivity contribution in [2.75, 3.05) is 32.4 Å². The van der Waals surface area contributed by atoms with Crippen LogP contribution in [0.25, 0.3) is 0 Å². The van der Waals surface area contributed by atoms with Gasteiger partial charge in [-0.25, -0.2) is 9.78 Å². The van der Waals surface area contributed by atoms with Gasteiger partial charge < -0.3 is 35.9 Å². The van der Waals surface area contributed by atoms with Gasteiger partial charge in [-0.3, -0.25) is 4.79 Å². The van der Waals surface area contributed by atoms with Crippen molar-refractivity contribution in [3.05, 3.63) is 71.4 Å². The number of nitrogens with zero attached hydrogens (tertiary/aromatic N) is 1. The molecule has 3 aromatic rings. The smallest absolute Gasteiger partial charge is 0.315 e. The van der Waals surface area contributed by atoms with Gasteiger partial charge >= 0.3 is 6.03 Å². The highest BCUT2D eigenvalue weighted by Crippen LogP contribution is 2.38. The summed E-state index contributed by atoms with van der Waals surface area (Å²) in [6.45, 7) is 0.561. The van der Waals surface area contributed by atoms with Crippen LogP contribution in [0, 0.1) is 0 Å². The molecule has 0 unspecified atom stereocenters. The zero-order valence-corrected chi connectivity index (χ0v) is 19.2. The molecule has 178 valence electrons. The number of carbonyl (C=O) groups excluding carboxylic acids is 2. The highest BCUT2D eigenvalue weighted by molar-refractivity contribution is 6.04. The van der Waals surface area contributed by atoms with Crippen molar-refractivity contribution in [3.63, 3.8) is 0 Å². The quantitative estimate of drug-likeness (QED) is 0.381. The maximum atomic E-state index is 12.4. The third kappa shape index (κ3) is 6.28. The van der Waals surface area contributed by atoms with Crippen LogP contribution in [0.2, 0.25) is 0 Å². The van der Waals surface area contributed by atoms with E-state index in [4.69, 9.17) is 19.9 Å². The minimum Gasteiger partial charge on any atom is -0.493 e. The molecule has 0 spiro atoms. The van der Waals surface area contributed by atoms with Gasteiger partial charge in [-0.2, -0.15) is 0 Å². The summed E-state index contributed by atoms with van der Waals surface area (Å²) >= 11 is 0. The van der Waals surface area contributed by atoms with Gasteiger partial charge in [0.25, 0.3) is 5.91 Å². The molecule has 5 N–H and O–H groups in total. The van der Waals surface area contributed by atoms with Crippen LogP contribution < -0.4 is 35.9 Å². The van der Waals surface area contributed by atoms with Gasteiger partial charge in [0.1, 0.15) is 5.82 Å². The molecule has 1 heterocycles. The summed E-state index contributed by atoms with van der Waals surface area (Å²) in [5.74, 6) is 1.56. The number of hydrogen-bond donors (Lipinski definition) is 4. The zero-order chi connectivity index (χ0) is 24.5. The minimum atomic E-state index is -0.342. The number of anilines is 2. The fourth-order valence-electron chi connectivity index (χ4n) is 3.17. The van der Waals surface area contributed by atoms with E-state index in [1.54, 1.807) is 48.5 Å². The summed E-state index contributed by atoms with van der Waals surface area (Å²) in [5.41, 5.74) is 8.29. The molecule has 0 aliphatic carbocycles. The van der Waals surface area contributed by atoms with Crippen molar-refractivity contribution in [2.24, 2.45) is 0 Å². The highest BCUT2D eigenvalue weighted by Gasteiger charge is 2.13. The summed E-state index contributed by atoms with van der Waals surface area (Å²) in [5, 5.41) is 8.33. The van der Waals surface area contributed by atoms with Crippen LogP contribution in [0.3, 0.4) is 0 Å². The first-order chi connectivity index (χ1) is 16.4. The van der Waals surface area contributed by atoms with Crippen LogP contribution in [0.15, 0.2) is 54.7 Å². The Bertz CT molecular complexity index is 1130. The molecule has 3 rings (SSSR count). The monoisotopic (exact) mass is 465 g/mol. The van der Waals surface area contributed by atoms with Crippen molar-refractivity contribution in [1.29, 1.82) is 0 Å². The summed E-state index contributed by atoms with van der Waals surface area (Å²) in [6, 6.07) is 13.3. The number of nitrogens with one attached hydrogen (secondary N) is 3. The number of hydrogen-bond acceptors (Lipinski definition) is 7. The number of carbonyl (C=O) groups is 2. The van der Waals surface area contributed by atoms with Crippen molar-refractivity contribution < 1.29 is 23.8 Å². The van der Waals surface area contributed by atoms with E-state index in [2.05, 4.69) is 20.9 Å². The Hall–Kier alpha value is -4.47. The number of aromatic nitrogens is 1. The molecule has 0 saturated heterocycles. The molecule has 0 fully saturated rings. The van der Waals surface area contributed by atoms with Crippen LogP contribution >= 0.6 is 0 Å². The zero-order valence-electron chi connectivity index (χ0n) is 19.2. The Labute approximate surface area is 197 Å². The normalized spacial score (nSPS) is 10.2. The Kier molecular flexibility index (Phi) is 8.11. The second kappa shape index (κ2) is 11.4. The van der Waals surface area contributed by atoms with E-state index in [9.17, 15) is 9.59 Å². The Morgan fingerprint density at radius 3 is 2.03 bits per heavy atom. The Morgan fingerprint density at radius 1 is 0.853 bits per heavy atom. The molecule has 0 bridgehead atoms. The maximum absolute atomic E-state index is 12.4. The maximum Gasteiger partial charge on any atom is 0.315 e. The van der Waals surface area contributed by atoms with Gasteiger partial charge in [-0.15, -0.1) is 0 Å². The third-order valence-electron chi connectivity index (χ3n) is 4.89. The standard InChI is InChI=1S/C24H27N5O5/c1-32-19-10-16(11-20(33-2)22(19)34-3)14-28-24(31)27-13-15-4-6-17(7-5-15)23(30)29-18-8-9-26-21(25)12-18/h4-12H,13-14H2,1-3H3,(H2,27,28,31)(H3,25,26,29,30). The summed E-state index contributed by atoms with van der Waals surface area (Å²) in [7, 11) is 4.60. The first kappa shape index (κ1) is 24.2. The van der Waals surface area contributed by atoms with Gasteiger partial charge in [-0.1, -0.05) is 12.1 Å². The second-order valence-electron chi connectivity index (χ2n) is 7.19. The number of rotatable bonds is 9. The highest BCUT2D eigenvalue weighted by atomic mass is 16.5.